The molecule has 2 aromatic heterocycles. The van der Waals surface area contributed by atoms with Crippen molar-refractivity contribution in [2.75, 3.05) is 13.1 Å². The summed E-state index contributed by atoms with van der Waals surface area (Å²) in [5.74, 6) is 0.630. The van der Waals surface area contributed by atoms with Gasteiger partial charge in [-0.3, -0.25) is 14.4 Å². The Bertz CT molecular complexity index is 980. The molecule has 2 aromatic rings. The summed E-state index contributed by atoms with van der Waals surface area (Å²) in [7, 11) is 0. The number of fused-ring (bicyclic) bond motifs is 1. The van der Waals surface area contributed by atoms with Crippen molar-refractivity contribution in [2.24, 2.45) is 0 Å². The third kappa shape index (κ3) is 3.37. The number of H-pyrrole nitrogens is 1. The molecule has 2 aliphatic heterocycles. The van der Waals surface area contributed by atoms with Crippen molar-refractivity contribution >= 4 is 23.2 Å². The molecule has 1 atom stereocenters. The molecule has 8 heteroatoms. The molecule has 148 valence electrons. The Labute approximate surface area is 167 Å². The van der Waals surface area contributed by atoms with Crippen molar-refractivity contribution in [2.45, 2.75) is 52.1 Å². The third-order valence-corrected chi connectivity index (χ3v) is 6.51. The van der Waals surface area contributed by atoms with E-state index in [1.807, 2.05) is 30.9 Å². The van der Waals surface area contributed by atoms with E-state index in [9.17, 15) is 14.4 Å². The van der Waals surface area contributed by atoms with E-state index in [4.69, 9.17) is 4.98 Å². The lowest BCUT2D eigenvalue weighted by atomic mass is 10.1. The zero-order chi connectivity index (χ0) is 19.8. The van der Waals surface area contributed by atoms with Gasteiger partial charge in [0.2, 0.25) is 5.91 Å². The molecule has 2 aliphatic rings. The van der Waals surface area contributed by atoms with Gasteiger partial charge in [-0.25, -0.2) is 4.98 Å². The maximum Gasteiger partial charge on any atom is 0.264 e. The van der Waals surface area contributed by atoms with Gasteiger partial charge in [0.05, 0.1) is 28.7 Å². The van der Waals surface area contributed by atoms with Gasteiger partial charge in [-0.1, -0.05) is 6.92 Å². The fraction of sp³-hybridized carbons (Fsp3) is 0.500. The quantitative estimate of drug-likeness (QED) is 0.857. The number of carbonyl (C=O) groups excluding carboxylic acids is 2. The lowest BCUT2D eigenvalue weighted by Gasteiger charge is -2.29. The highest BCUT2D eigenvalue weighted by molar-refractivity contribution is 7.13. The predicted octanol–water partition coefficient (Wildman–Crippen LogP) is 2.41. The largest absolute Gasteiger partial charge is 0.333 e. The van der Waals surface area contributed by atoms with E-state index < -0.39 is 0 Å². The van der Waals surface area contributed by atoms with E-state index in [0.717, 1.165) is 23.4 Å². The number of hydrogen-bond acceptors (Lipinski definition) is 5. The van der Waals surface area contributed by atoms with Gasteiger partial charge < -0.3 is 14.8 Å². The summed E-state index contributed by atoms with van der Waals surface area (Å²) in [6, 6.07) is 3.61. The Balaban J connectivity index is 1.58. The van der Waals surface area contributed by atoms with E-state index in [2.05, 4.69) is 4.98 Å². The number of rotatable bonds is 3. The van der Waals surface area contributed by atoms with Crippen LogP contribution in [0.2, 0.25) is 0 Å². The lowest BCUT2D eigenvalue weighted by molar-refractivity contribution is -0.131. The number of hydrogen-bond donors (Lipinski definition) is 1. The van der Waals surface area contributed by atoms with Crippen LogP contribution in [0.4, 0.5) is 0 Å². The van der Waals surface area contributed by atoms with Crippen molar-refractivity contribution in [1.29, 1.82) is 0 Å². The van der Waals surface area contributed by atoms with E-state index in [1.165, 1.54) is 11.3 Å². The third-order valence-electron chi connectivity index (χ3n) is 5.52. The molecule has 4 heterocycles. The summed E-state index contributed by atoms with van der Waals surface area (Å²) in [4.78, 5) is 50.6. The molecule has 0 unspecified atom stereocenters. The second-order valence-corrected chi connectivity index (χ2v) is 8.65. The molecule has 4 rings (SSSR count). The first kappa shape index (κ1) is 18.9. The van der Waals surface area contributed by atoms with Crippen molar-refractivity contribution in [3.8, 4) is 0 Å². The van der Waals surface area contributed by atoms with Gasteiger partial charge in [0.25, 0.3) is 11.5 Å². The second kappa shape index (κ2) is 7.50. The number of carbonyl (C=O) groups is 2. The smallest absolute Gasteiger partial charge is 0.264 e. The first-order valence-electron chi connectivity index (χ1n) is 9.75. The number of nitrogens with zero attached hydrogens (tertiary/aromatic N) is 3. The molecule has 0 aliphatic carbocycles. The van der Waals surface area contributed by atoms with Crippen LogP contribution in [-0.4, -0.2) is 44.7 Å². The minimum absolute atomic E-state index is 0.0391. The van der Waals surface area contributed by atoms with Crippen LogP contribution in [0, 0.1) is 6.92 Å². The average Bonchev–Trinajstić information content (AvgIpc) is 3.35. The fourth-order valence-electron chi connectivity index (χ4n) is 4.03. The number of thiophene rings is 1. The summed E-state index contributed by atoms with van der Waals surface area (Å²) in [6.07, 6.45) is 2.73. The van der Waals surface area contributed by atoms with E-state index in [0.29, 0.717) is 42.2 Å². The molecule has 0 aromatic carbocycles. The minimum atomic E-state index is -0.198. The first-order valence-corrected chi connectivity index (χ1v) is 10.6. The number of aryl methyl sites for hydroxylation is 1. The Morgan fingerprint density at radius 2 is 2.14 bits per heavy atom. The van der Waals surface area contributed by atoms with Crippen molar-refractivity contribution < 1.29 is 9.59 Å². The predicted molar refractivity (Wildman–Crippen MR) is 106 cm³/mol. The van der Waals surface area contributed by atoms with Gasteiger partial charge in [-0.2, -0.15) is 0 Å². The topological polar surface area (TPSA) is 86.4 Å². The number of nitrogens with one attached hydrogen (secondary N) is 1. The van der Waals surface area contributed by atoms with Crippen LogP contribution in [0.1, 0.15) is 63.9 Å². The van der Waals surface area contributed by atoms with E-state index >= 15 is 0 Å². The van der Waals surface area contributed by atoms with Crippen LogP contribution in [0.3, 0.4) is 0 Å². The zero-order valence-corrected chi connectivity index (χ0v) is 17.0. The monoisotopic (exact) mass is 400 g/mol. The summed E-state index contributed by atoms with van der Waals surface area (Å²) in [6.45, 7) is 5.34. The molecule has 0 bridgehead atoms. The normalized spacial score (nSPS) is 19.0. The molecule has 0 saturated carbocycles. The maximum absolute atomic E-state index is 12.8. The Hall–Kier alpha value is -2.48. The number of aromatic amines is 1. The van der Waals surface area contributed by atoms with Crippen LogP contribution in [0.25, 0.3) is 0 Å². The van der Waals surface area contributed by atoms with Crippen LogP contribution >= 0.6 is 11.3 Å². The summed E-state index contributed by atoms with van der Waals surface area (Å²) in [5.41, 5.74) is 1.11. The average molecular weight is 401 g/mol. The van der Waals surface area contributed by atoms with E-state index in [-0.39, 0.29) is 30.0 Å². The molecule has 7 nitrogen and oxygen atoms in total. The Morgan fingerprint density at radius 3 is 2.86 bits per heavy atom. The molecule has 2 amide bonds. The molecule has 1 saturated heterocycles. The van der Waals surface area contributed by atoms with Gasteiger partial charge in [-0.15, -0.1) is 11.3 Å². The number of likely N-dealkylation sites (tertiary alicyclic amines) is 1. The molecular weight excluding hydrogens is 376 g/mol. The van der Waals surface area contributed by atoms with Crippen molar-refractivity contribution in [3.63, 3.8) is 0 Å². The molecule has 1 N–H and O–H groups in total. The summed E-state index contributed by atoms with van der Waals surface area (Å²) in [5, 5.41) is 0. The number of amides is 2. The van der Waals surface area contributed by atoms with Crippen LogP contribution in [0.5, 0.6) is 0 Å². The maximum atomic E-state index is 12.8. The molecule has 1 fully saturated rings. The Kier molecular flexibility index (Phi) is 5.05. The van der Waals surface area contributed by atoms with Gasteiger partial charge in [-0.05, 0) is 31.9 Å². The van der Waals surface area contributed by atoms with Crippen molar-refractivity contribution in [1.82, 2.24) is 19.8 Å². The summed E-state index contributed by atoms with van der Waals surface area (Å²) < 4.78 is 0. The number of aromatic nitrogens is 2. The molecule has 0 radical (unpaired) electrons. The molecular formula is C20H24N4O3S. The van der Waals surface area contributed by atoms with Crippen molar-refractivity contribution in [3.05, 3.63) is 49.3 Å². The highest BCUT2D eigenvalue weighted by Gasteiger charge is 2.33. The highest BCUT2D eigenvalue weighted by Crippen LogP contribution is 2.30. The highest BCUT2D eigenvalue weighted by atomic mass is 32.1. The van der Waals surface area contributed by atoms with Gasteiger partial charge in [0.1, 0.15) is 5.82 Å². The van der Waals surface area contributed by atoms with Crippen LogP contribution < -0.4 is 5.56 Å². The molecule has 0 spiro atoms. The Morgan fingerprint density at radius 1 is 1.32 bits per heavy atom. The first-order chi connectivity index (χ1) is 13.5. The van der Waals surface area contributed by atoms with Gasteiger partial charge >= 0.3 is 0 Å². The summed E-state index contributed by atoms with van der Waals surface area (Å²) >= 11 is 1.47. The fourth-order valence-corrected chi connectivity index (χ4v) is 4.87. The standard InChI is InChI=1S/C20H24N4O3S/c1-3-17(25)24-9-4-5-15(24)18-21-14-8-10-23(11-13(14)19(26)22-18)20(27)16-7-6-12(2)28-16/h6-7,15H,3-5,8-11H2,1-2H3,(H,21,22,26)/t15-/m0/s1. The zero-order valence-electron chi connectivity index (χ0n) is 16.2. The SMILES string of the molecule is CCC(=O)N1CCC[C@H]1c1nc2c(c(=O)[nH]1)CN(C(=O)c1ccc(C)s1)CC2. The van der Waals surface area contributed by atoms with E-state index in [1.54, 1.807) is 4.90 Å². The lowest BCUT2D eigenvalue weighted by Crippen LogP contribution is -2.40. The second-order valence-electron chi connectivity index (χ2n) is 7.36. The van der Waals surface area contributed by atoms with Gasteiger partial charge in [0, 0.05) is 30.8 Å². The van der Waals surface area contributed by atoms with Crippen LogP contribution in [0.15, 0.2) is 16.9 Å². The van der Waals surface area contributed by atoms with Gasteiger partial charge in [0.15, 0.2) is 0 Å². The minimum Gasteiger partial charge on any atom is -0.333 e. The van der Waals surface area contributed by atoms with Crippen LogP contribution in [-0.2, 0) is 17.8 Å². The molecule has 28 heavy (non-hydrogen) atoms.